The Morgan fingerprint density at radius 1 is 0.659 bits per heavy atom. The number of carbonyl (C=O) groups is 7. The van der Waals surface area contributed by atoms with Gasteiger partial charge in [0.25, 0.3) is 0 Å². The SMILES string of the molecule is C=O.C=O.C=O.C=O.C=O.C=O.CC(C)(C)N(CCCCCCN(Cc1ccccn1)Cc1ccccn1)C(=O)[O-].[Br-].[Re].[Re]. The molecule has 0 atom stereocenters. The van der Waals surface area contributed by atoms with Gasteiger partial charge in [0, 0.05) is 78.4 Å². The summed E-state index contributed by atoms with van der Waals surface area (Å²) in [5.41, 5.74) is 1.69. The van der Waals surface area contributed by atoms with E-state index in [1.807, 2.05) is 110 Å². The van der Waals surface area contributed by atoms with E-state index in [0.717, 1.165) is 56.7 Å². The van der Waals surface area contributed by atoms with Gasteiger partial charge in [-0.3, -0.25) is 14.9 Å². The molecule has 2 aromatic heterocycles. The van der Waals surface area contributed by atoms with Gasteiger partial charge in [0.1, 0.15) is 46.8 Å². The van der Waals surface area contributed by atoms with Crippen LogP contribution in [-0.2, 0) is 82.7 Å². The van der Waals surface area contributed by atoms with E-state index >= 15 is 0 Å². The predicted octanol–water partition coefficient (Wildman–Crippen LogP) is -0.627. The molecule has 0 saturated carbocycles. The van der Waals surface area contributed by atoms with E-state index in [9.17, 15) is 9.90 Å². The Kier molecular flexibility index (Phi) is 65.1. The first-order valence-corrected chi connectivity index (χ1v) is 12.1. The van der Waals surface area contributed by atoms with E-state index in [1.165, 1.54) is 4.90 Å². The van der Waals surface area contributed by atoms with Crippen molar-refractivity contribution in [3.63, 3.8) is 0 Å². The molecule has 15 heteroatoms. The van der Waals surface area contributed by atoms with Gasteiger partial charge >= 0.3 is 0 Å². The van der Waals surface area contributed by atoms with Crippen LogP contribution in [0.3, 0.4) is 0 Å². The average Bonchev–Trinajstić information content (AvgIpc) is 3.03. The average molecular weight is 1030 g/mol. The Balaban J connectivity index is -0.000000129. The summed E-state index contributed by atoms with van der Waals surface area (Å²) in [6.07, 6.45) is 6.53. The smallest absolute Gasteiger partial charge is 0.137 e. The molecule has 12 nitrogen and oxygen atoms in total. The van der Waals surface area contributed by atoms with Crippen LogP contribution in [-0.4, -0.2) is 85.2 Å². The maximum atomic E-state index is 11.3. The molecule has 0 bridgehead atoms. The molecule has 2 aromatic rings. The molecule has 0 aliphatic rings. The maximum absolute atomic E-state index is 11.3. The van der Waals surface area contributed by atoms with Gasteiger partial charge in [-0.1, -0.05) is 25.0 Å². The molecule has 0 aliphatic carbocycles. The van der Waals surface area contributed by atoms with Crippen LogP contribution < -0.4 is 22.1 Å². The summed E-state index contributed by atoms with van der Waals surface area (Å²) >= 11 is 0. The summed E-state index contributed by atoms with van der Waals surface area (Å²) in [4.78, 5) is 72.0. The molecule has 0 aromatic carbocycles. The monoisotopic (exact) mass is 1030 g/mol. The van der Waals surface area contributed by atoms with Crippen LogP contribution in [0.1, 0.15) is 57.8 Å². The van der Waals surface area contributed by atoms with Gasteiger partial charge in [-0.25, -0.2) is 0 Å². The third kappa shape index (κ3) is 35.6. The molecular weight excluding hydrogens is 985 g/mol. The van der Waals surface area contributed by atoms with Crippen LogP contribution in [0.15, 0.2) is 48.8 Å². The number of pyridine rings is 2. The number of amides is 1. The van der Waals surface area contributed by atoms with Crippen molar-refractivity contribution >= 4 is 46.8 Å². The largest absolute Gasteiger partial charge is 1.00 e. The molecule has 0 N–H and O–H groups in total. The van der Waals surface area contributed by atoms with Crippen LogP contribution in [0.25, 0.3) is 0 Å². The van der Waals surface area contributed by atoms with Gasteiger partial charge in [0.05, 0.1) is 11.4 Å². The Morgan fingerprint density at radius 2 is 1.00 bits per heavy atom. The quantitative estimate of drug-likeness (QED) is 0.263. The van der Waals surface area contributed by atoms with Crippen LogP contribution in [0.5, 0.6) is 0 Å². The third-order valence-electron chi connectivity index (χ3n) is 4.86. The molecule has 0 saturated heterocycles. The summed E-state index contributed by atoms with van der Waals surface area (Å²) in [5, 5.41) is 11.3. The van der Waals surface area contributed by atoms with Crippen molar-refractivity contribution in [2.75, 3.05) is 13.1 Å². The zero-order valence-corrected chi connectivity index (χ0v) is 32.7. The molecule has 44 heavy (non-hydrogen) atoms. The van der Waals surface area contributed by atoms with Crippen LogP contribution >= 0.6 is 0 Å². The van der Waals surface area contributed by atoms with Gasteiger partial charge in [-0.05, 0) is 64.4 Å². The number of aromatic nitrogens is 2. The predicted molar refractivity (Wildman–Crippen MR) is 156 cm³/mol. The Morgan fingerprint density at radius 3 is 1.27 bits per heavy atom. The topological polar surface area (TPSA) is 175 Å². The van der Waals surface area contributed by atoms with Crippen LogP contribution in [0.2, 0.25) is 0 Å². The molecule has 252 valence electrons. The molecule has 1 amide bonds. The van der Waals surface area contributed by atoms with Gasteiger partial charge in [0.15, 0.2) is 0 Å². The third-order valence-corrected chi connectivity index (χ3v) is 4.86. The van der Waals surface area contributed by atoms with Crippen molar-refractivity contribution < 1.29 is 96.5 Å². The second kappa shape index (κ2) is 47.3. The van der Waals surface area contributed by atoms with E-state index in [2.05, 4.69) is 14.9 Å². The van der Waals surface area contributed by atoms with Gasteiger partial charge in [0.2, 0.25) is 0 Å². The van der Waals surface area contributed by atoms with E-state index < -0.39 is 11.6 Å². The van der Waals surface area contributed by atoms with Crippen LogP contribution in [0, 0.1) is 0 Å². The number of carbonyl (C=O) groups excluding carboxylic acids is 7. The van der Waals surface area contributed by atoms with Crippen molar-refractivity contribution in [2.24, 2.45) is 0 Å². The fraction of sp³-hybridized carbons (Fsp3) is 0.414. The second-order valence-electron chi connectivity index (χ2n) is 8.36. The number of carboxylic acid groups (broad SMARTS) is 1. The van der Waals surface area contributed by atoms with Gasteiger partial charge in [-0.2, -0.15) is 0 Å². The van der Waals surface area contributed by atoms with E-state index in [4.69, 9.17) is 28.8 Å². The van der Waals surface area contributed by atoms with Crippen molar-refractivity contribution in [3.05, 3.63) is 60.2 Å². The molecule has 0 spiro atoms. The minimum Gasteiger partial charge on any atom is -1.00 e. The molecule has 0 fully saturated rings. The normalized spacial score (nSPS) is 8.18. The standard InChI is InChI=1S/C23H34N4O2.6CH2O.BrH.2Re/c1-23(2,3)27(22(28)29)17-11-5-4-10-16-26(18-20-12-6-8-14-24-20)19-21-13-7-9-15-25-21;6*1-2;;;/h6-9,12-15H,4-5,10-11,16-19H2,1-3H3,(H,28,29);6*1H2;1H;;/p-2. The van der Waals surface area contributed by atoms with Gasteiger partial charge < -0.3 is 60.5 Å². The first-order chi connectivity index (χ1) is 19.9. The summed E-state index contributed by atoms with van der Waals surface area (Å²) in [6.45, 7) is 20.8. The molecule has 0 aliphatic heterocycles. The number of hydrogen-bond donors (Lipinski definition) is 0. The van der Waals surface area contributed by atoms with Crippen molar-refractivity contribution in [1.82, 2.24) is 19.8 Å². The van der Waals surface area contributed by atoms with E-state index in [-0.39, 0.29) is 57.8 Å². The molecule has 2 rings (SSSR count). The Labute approximate surface area is 299 Å². The second-order valence-corrected chi connectivity index (χ2v) is 8.36. The van der Waals surface area contributed by atoms with Crippen molar-refractivity contribution in [1.29, 1.82) is 0 Å². The molecular formula is C29H45BrN4O8Re2-2. The number of hydrogen-bond acceptors (Lipinski definition) is 11. The number of halogens is 1. The van der Waals surface area contributed by atoms with E-state index in [1.54, 1.807) is 0 Å². The Hall–Kier alpha value is -2.65. The fourth-order valence-corrected chi connectivity index (χ4v) is 3.31. The summed E-state index contributed by atoms with van der Waals surface area (Å²) < 4.78 is 0. The zero-order valence-electron chi connectivity index (χ0n) is 25.7. The van der Waals surface area contributed by atoms with Crippen molar-refractivity contribution in [3.8, 4) is 0 Å². The summed E-state index contributed by atoms with van der Waals surface area (Å²) in [5.74, 6) is 0. The molecule has 2 heterocycles. The van der Waals surface area contributed by atoms with Crippen LogP contribution in [0.4, 0.5) is 4.79 Å². The minimum absolute atomic E-state index is 0. The fourth-order valence-electron chi connectivity index (χ4n) is 3.31. The van der Waals surface area contributed by atoms with Crippen molar-refractivity contribution in [2.45, 2.75) is 65.1 Å². The zero-order chi connectivity index (χ0) is 33.1. The summed E-state index contributed by atoms with van der Waals surface area (Å²) in [6, 6.07) is 12.0. The maximum Gasteiger partial charge on any atom is 0.137 e. The first kappa shape index (κ1) is 60.5. The van der Waals surface area contributed by atoms with E-state index in [0.29, 0.717) is 6.54 Å². The Bertz CT molecular complexity index is 788. The summed E-state index contributed by atoms with van der Waals surface area (Å²) in [7, 11) is 0. The molecule has 2 radical (unpaired) electrons. The first-order valence-electron chi connectivity index (χ1n) is 12.1. The number of nitrogens with zero attached hydrogens (tertiary/aromatic N) is 4. The number of rotatable bonds is 11. The minimum atomic E-state index is -1.09. The number of unbranched alkanes of at least 4 members (excludes halogenated alkanes) is 3. The van der Waals surface area contributed by atoms with Gasteiger partial charge in [-0.15, -0.1) is 0 Å². The molecule has 0 unspecified atom stereocenters.